The zero-order chi connectivity index (χ0) is 24.3. The number of benzene rings is 2. The largest absolute Gasteiger partial charge is 0.394 e. The maximum absolute atomic E-state index is 14.3. The van der Waals surface area contributed by atoms with E-state index in [1.54, 1.807) is 7.05 Å². The summed E-state index contributed by atoms with van der Waals surface area (Å²) in [6, 6.07) is 12.5. The fraction of sp³-hybridized carbons (Fsp3) is 0.190. The van der Waals surface area contributed by atoms with Crippen LogP contribution in [0, 0.1) is 5.82 Å². The summed E-state index contributed by atoms with van der Waals surface area (Å²) in [6.45, 7) is -0.217. The molecular formula is C21H21FN8O3S. The van der Waals surface area contributed by atoms with Crippen LogP contribution in [0.5, 0.6) is 0 Å². The quantitative estimate of drug-likeness (QED) is 0.339. The second kappa shape index (κ2) is 9.49. The van der Waals surface area contributed by atoms with Gasteiger partial charge in [-0.25, -0.2) is 22.5 Å². The van der Waals surface area contributed by atoms with Gasteiger partial charge in [0.25, 0.3) is 0 Å². The number of nitrogens with zero attached hydrogens (tertiary/aromatic N) is 6. The Labute approximate surface area is 194 Å². The molecule has 3 N–H and O–H groups in total. The molecule has 34 heavy (non-hydrogen) atoms. The van der Waals surface area contributed by atoms with Gasteiger partial charge >= 0.3 is 0 Å². The minimum atomic E-state index is -3.70. The van der Waals surface area contributed by atoms with E-state index in [9.17, 15) is 17.9 Å². The average molecular weight is 485 g/mol. The molecule has 176 valence electrons. The van der Waals surface area contributed by atoms with E-state index in [0.29, 0.717) is 17.2 Å². The van der Waals surface area contributed by atoms with E-state index < -0.39 is 26.6 Å². The smallest absolute Gasteiger partial charge is 0.229 e. The van der Waals surface area contributed by atoms with E-state index in [1.165, 1.54) is 23.0 Å². The molecule has 4 aromatic rings. The van der Waals surface area contributed by atoms with Gasteiger partial charge in [0.1, 0.15) is 16.5 Å². The van der Waals surface area contributed by atoms with E-state index in [-0.39, 0.29) is 18.2 Å². The normalized spacial score (nSPS) is 12.4. The van der Waals surface area contributed by atoms with Crippen LogP contribution < -0.4 is 10.6 Å². The van der Waals surface area contributed by atoms with Gasteiger partial charge in [-0.15, -0.1) is 5.10 Å². The van der Waals surface area contributed by atoms with Gasteiger partial charge in [0.05, 0.1) is 18.2 Å². The summed E-state index contributed by atoms with van der Waals surface area (Å²) in [5.74, 6) is -0.0661. The fourth-order valence-corrected chi connectivity index (χ4v) is 3.99. The van der Waals surface area contributed by atoms with Crippen molar-refractivity contribution >= 4 is 27.3 Å². The van der Waals surface area contributed by atoms with Crippen molar-refractivity contribution in [3.63, 3.8) is 0 Å². The molecule has 0 bridgehead atoms. The monoisotopic (exact) mass is 484 g/mol. The first-order valence-corrected chi connectivity index (χ1v) is 11.9. The summed E-state index contributed by atoms with van der Waals surface area (Å²) in [7, 11) is -2.03. The number of nitrogens with one attached hydrogen (secondary N) is 2. The second-order valence-electron chi connectivity index (χ2n) is 7.41. The highest BCUT2D eigenvalue weighted by molar-refractivity contribution is 7.90. The van der Waals surface area contributed by atoms with Gasteiger partial charge in [-0.1, -0.05) is 30.3 Å². The van der Waals surface area contributed by atoms with E-state index in [0.717, 1.165) is 17.9 Å². The Morgan fingerprint density at radius 1 is 1.18 bits per heavy atom. The summed E-state index contributed by atoms with van der Waals surface area (Å²) < 4.78 is 39.1. The molecule has 0 spiro atoms. The average Bonchev–Trinajstić information content (AvgIpc) is 3.23. The summed E-state index contributed by atoms with van der Waals surface area (Å²) in [5, 5.41) is 27.5. The molecule has 0 aliphatic carbocycles. The number of rotatable bonds is 8. The molecule has 1 atom stereocenters. The molecule has 0 saturated carbocycles. The van der Waals surface area contributed by atoms with Crippen molar-refractivity contribution in [2.45, 2.75) is 10.9 Å². The second-order valence-corrected chi connectivity index (χ2v) is 9.40. The Hall–Kier alpha value is -3.97. The molecule has 13 heteroatoms. The summed E-state index contributed by atoms with van der Waals surface area (Å²) in [4.78, 5) is 8.35. The Kier molecular flexibility index (Phi) is 6.47. The number of aromatic nitrogens is 6. The van der Waals surface area contributed by atoms with E-state index >= 15 is 0 Å². The first-order chi connectivity index (χ1) is 16.3. The SMILES string of the molecule is Cn1nnnc1-c1cnc(Nc2ccc(S(C)(=O)=O)c(F)c2)nc1N[C@H](CO)c1ccccc1. The Morgan fingerprint density at radius 2 is 1.94 bits per heavy atom. The van der Waals surface area contributed by atoms with Gasteiger partial charge in [-0.3, -0.25) is 0 Å². The van der Waals surface area contributed by atoms with E-state index in [4.69, 9.17) is 0 Å². The van der Waals surface area contributed by atoms with Gasteiger partial charge < -0.3 is 15.7 Å². The van der Waals surface area contributed by atoms with Crippen LogP contribution in [0.25, 0.3) is 11.4 Å². The van der Waals surface area contributed by atoms with Crippen molar-refractivity contribution in [3.05, 3.63) is 66.1 Å². The number of aryl methyl sites for hydroxylation is 1. The van der Waals surface area contributed by atoms with Gasteiger partial charge in [-0.2, -0.15) is 4.98 Å². The minimum Gasteiger partial charge on any atom is -0.394 e. The van der Waals surface area contributed by atoms with E-state index in [1.807, 2.05) is 30.3 Å². The van der Waals surface area contributed by atoms with Crippen LogP contribution in [0.15, 0.2) is 59.6 Å². The zero-order valence-electron chi connectivity index (χ0n) is 18.2. The van der Waals surface area contributed by atoms with Crippen LogP contribution in [0.4, 0.5) is 21.8 Å². The molecule has 0 saturated heterocycles. The first-order valence-electron chi connectivity index (χ1n) is 10.0. The molecule has 0 aliphatic heterocycles. The molecule has 0 radical (unpaired) electrons. The molecule has 0 fully saturated rings. The van der Waals surface area contributed by atoms with Crippen LogP contribution in [-0.4, -0.2) is 56.6 Å². The molecule has 0 amide bonds. The fourth-order valence-electron chi connectivity index (χ4n) is 3.27. The molecule has 0 unspecified atom stereocenters. The Balaban J connectivity index is 1.70. The summed E-state index contributed by atoms with van der Waals surface area (Å²) >= 11 is 0. The molecule has 2 heterocycles. The standard InChI is InChI=1S/C21H21FN8O3S/c1-30-20(27-28-29-30)15-11-23-21(24-14-8-9-18(16(22)10-14)34(2,32)33)26-19(15)25-17(12-31)13-6-4-3-5-7-13/h3-11,17,31H,12H2,1-2H3,(H2,23,24,25,26)/t17-/m1/s1. The third-order valence-electron chi connectivity index (χ3n) is 4.93. The highest BCUT2D eigenvalue weighted by atomic mass is 32.2. The number of aliphatic hydroxyl groups excluding tert-OH is 1. The number of hydrogen-bond donors (Lipinski definition) is 3. The van der Waals surface area contributed by atoms with Crippen molar-refractivity contribution in [1.82, 2.24) is 30.2 Å². The number of halogens is 1. The number of tetrazole rings is 1. The molecule has 0 aliphatic rings. The van der Waals surface area contributed by atoms with Crippen LogP contribution in [0.2, 0.25) is 0 Å². The molecule has 11 nitrogen and oxygen atoms in total. The maximum atomic E-state index is 14.3. The maximum Gasteiger partial charge on any atom is 0.229 e. The van der Waals surface area contributed by atoms with Crippen molar-refractivity contribution in [2.75, 3.05) is 23.5 Å². The number of aliphatic hydroxyl groups is 1. The summed E-state index contributed by atoms with van der Waals surface area (Å²) in [6.07, 6.45) is 2.42. The van der Waals surface area contributed by atoms with Gasteiger partial charge in [0.2, 0.25) is 5.95 Å². The molecular weight excluding hydrogens is 463 g/mol. The Morgan fingerprint density at radius 3 is 2.56 bits per heavy atom. The van der Waals surface area contributed by atoms with Crippen molar-refractivity contribution in [2.24, 2.45) is 7.05 Å². The molecule has 4 rings (SSSR count). The lowest BCUT2D eigenvalue weighted by Crippen LogP contribution is -2.17. The molecule has 2 aromatic carbocycles. The third kappa shape index (κ3) is 5.00. The lowest BCUT2D eigenvalue weighted by atomic mass is 10.1. The lowest BCUT2D eigenvalue weighted by molar-refractivity contribution is 0.276. The van der Waals surface area contributed by atoms with Crippen molar-refractivity contribution in [1.29, 1.82) is 0 Å². The lowest BCUT2D eigenvalue weighted by Gasteiger charge is -2.19. The number of anilines is 3. The predicted octanol–water partition coefficient (Wildman–Crippen LogP) is 2.10. The van der Waals surface area contributed by atoms with Crippen molar-refractivity contribution < 1.29 is 17.9 Å². The third-order valence-corrected chi connectivity index (χ3v) is 6.06. The Bertz CT molecular complexity index is 1410. The highest BCUT2D eigenvalue weighted by Gasteiger charge is 2.19. The highest BCUT2D eigenvalue weighted by Crippen LogP contribution is 2.29. The van der Waals surface area contributed by atoms with Crippen LogP contribution in [0.1, 0.15) is 11.6 Å². The number of sulfone groups is 1. The van der Waals surface area contributed by atoms with E-state index in [2.05, 4.69) is 36.1 Å². The van der Waals surface area contributed by atoms with Crippen LogP contribution >= 0.6 is 0 Å². The molecule has 2 aromatic heterocycles. The summed E-state index contributed by atoms with van der Waals surface area (Å²) in [5.41, 5.74) is 1.57. The van der Waals surface area contributed by atoms with Crippen molar-refractivity contribution in [3.8, 4) is 11.4 Å². The minimum absolute atomic E-state index is 0.109. The van der Waals surface area contributed by atoms with Gasteiger partial charge in [0, 0.05) is 25.2 Å². The number of hydrogen-bond acceptors (Lipinski definition) is 10. The van der Waals surface area contributed by atoms with Gasteiger partial charge in [-0.05, 0) is 34.2 Å². The predicted molar refractivity (Wildman–Crippen MR) is 123 cm³/mol. The van der Waals surface area contributed by atoms with Gasteiger partial charge in [0.15, 0.2) is 15.7 Å². The zero-order valence-corrected chi connectivity index (χ0v) is 19.0. The van der Waals surface area contributed by atoms with Crippen LogP contribution in [0.3, 0.4) is 0 Å². The van der Waals surface area contributed by atoms with Crippen LogP contribution in [-0.2, 0) is 16.9 Å². The topological polar surface area (TPSA) is 148 Å². The first kappa shape index (κ1) is 23.2.